The Bertz CT molecular complexity index is 956. The van der Waals surface area contributed by atoms with Crippen LogP contribution in [0, 0.1) is 0 Å². The van der Waals surface area contributed by atoms with Gasteiger partial charge in [0.05, 0.1) is 5.92 Å². The van der Waals surface area contributed by atoms with Crippen molar-refractivity contribution < 1.29 is 4.79 Å². The quantitative estimate of drug-likeness (QED) is 0.473. The number of rotatable bonds is 3. The van der Waals surface area contributed by atoms with Gasteiger partial charge in [-0.15, -0.1) is 0 Å². The second kappa shape index (κ2) is 5.93. The van der Waals surface area contributed by atoms with E-state index in [2.05, 4.69) is 48.5 Å². The van der Waals surface area contributed by atoms with Gasteiger partial charge < -0.3 is 0 Å². The maximum Gasteiger partial charge on any atom is 0.141 e. The largest absolute Gasteiger partial charge is 0.299 e. The zero-order valence-corrected chi connectivity index (χ0v) is 13.6. The fraction of sp³-hybridized carbons (Fsp3) is 0.0870. The molecule has 0 aliphatic heterocycles. The Hall–Kier alpha value is -2.93. The van der Waals surface area contributed by atoms with Gasteiger partial charge in [-0.05, 0) is 39.6 Å². The molecule has 0 aliphatic carbocycles. The van der Waals surface area contributed by atoms with Gasteiger partial charge in [-0.25, -0.2) is 0 Å². The van der Waals surface area contributed by atoms with E-state index in [1.807, 2.05) is 36.4 Å². The van der Waals surface area contributed by atoms with Gasteiger partial charge in [0.15, 0.2) is 0 Å². The molecule has 4 aromatic rings. The lowest BCUT2D eigenvalue weighted by molar-refractivity contribution is -0.117. The topological polar surface area (TPSA) is 17.1 Å². The maximum atomic E-state index is 12.6. The summed E-state index contributed by atoms with van der Waals surface area (Å²) in [5, 5.41) is 4.63. The zero-order chi connectivity index (χ0) is 16.5. The molecular formula is C23H18O. The molecule has 1 heteroatoms. The first kappa shape index (κ1) is 14.6. The van der Waals surface area contributed by atoms with Crippen LogP contribution in [0.15, 0.2) is 84.9 Å². The molecule has 0 saturated carbocycles. The van der Waals surface area contributed by atoms with Gasteiger partial charge >= 0.3 is 0 Å². The fourth-order valence-electron chi connectivity index (χ4n) is 3.61. The molecule has 0 fully saturated rings. The monoisotopic (exact) mass is 310 g/mol. The molecule has 0 spiro atoms. The summed E-state index contributed by atoms with van der Waals surface area (Å²) in [6, 6.07) is 29.0. The second-order valence-electron chi connectivity index (χ2n) is 6.18. The molecule has 0 heterocycles. The van der Waals surface area contributed by atoms with Crippen molar-refractivity contribution >= 4 is 27.3 Å². The van der Waals surface area contributed by atoms with E-state index in [1.165, 1.54) is 10.8 Å². The van der Waals surface area contributed by atoms with Gasteiger partial charge in [0.1, 0.15) is 5.78 Å². The third kappa shape index (κ3) is 2.39. The highest BCUT2D eigenvalue weighted by Gasteiger charge is 2.22. The van der Waals surface area contributed by atoms with Crippen LogP contribution in [-0.2, 0) is 4.79 Å². The maximum absolute atomic E-state index is 12.6. The number of Topliss-reactive ketones (excluding diaryl/α,β-unsaturated/α-hetero) is 1. The predicted molar refractivity (Wildman–Crippen MR) is 100 cm³/mol. The van der Waals surface area contributed by atoms with Crippen LogP contribution in [0.25, 0.3) is 21.5 Å². The number of hydrogen-bond acceptors (Lipinski definition) is 1. The molecule has 1 nitrogen and oxygen atoms in total. The van der Waals surface area contributed by atoms with E-state index in [0.29, 0.717) is 0 Å². The molecule has 0 amide bonds. The van der Waals surface area contributed by atoms with Crippen molar-refractivity contribution in [2.24, 2.45) is 0 Å². The smallest absolute Gasteiger partial charge is 0.141 e. The Kier molecular flexibility index (Phi) is 3.62. The Balaban J connectivity index is 2.02. The minimum absolute atomic E-state index is 0.169. The number of benzene rings is 4. The van der Waals surface area contributed by atoms with E-state index in [-0.39, 0.29) is 11.7 Å². The van der Waals surface area contributed by atoms with Gasteiger partial charge in [-0.3, -0.25) is 4.79 Å². The molecule has 0 atom stereocenters. The van der Waals surface area contributed by atoms with Crippen molar-refractivity contribution in [2.75, 3.05) is 0 Å². The molecule has 0 N–H and O–H groups in total. The second-order valence-corrected chi connectivity index (χ2v) is 6.18. The predicted octanol–water partition coefficient (Wildman–Crippen LogP) is 5.71. The summed E-state index contributed by atoms with van der Waals surface area (Å²) in [4.78, 5) is 12.6. The van der Waals surface area contributed by atoms with Crippen molar-refractivity contribution in [3.8, 4) is 0 Å². The van der Waals surface area contributed by atoms with Gasteiger partial charge in [0.2, 0.25) is 0 Å². The Labute approximate surface area is 141 Å². The summed E-state index contributed by atoms with van der Waals surface area (Å²) >= 11 is 0. The van der Waals surface area contributed by atoms with E-state index >= 15 is 0 Å². The Morgan fingerprint density at radius 1 is 0.625 bits per heavy atom. The SMILES string of the molecule is CC(=O)C(c1cccc2ccccc12)c1cccc2ccccc12. The normalized spacial score (nSPS) is 11.2. The summed E-state index contributed by atoms with van der Waals surface area (Å²) in [6.07, 6.45) is 0. The average Bonchev–Trinajstić information content (AvgIpc) is 2.62. The van der Waals surface area contributed by atoms with E-state index in [0.717, 1.165) is 21.9 Å². The lowest BCUT2D eigenvalue weighted by atomic mass is 9.83. The molecule has 4 rings (SSSR count). The molecule has 0 bridgehead atoms. The minimum Gasteiger partial charge on any atom is -0.299 e. The molecule has 116 valence electrons. The standard InChI is InChI=1S/C23H18O/c1-16(24)23(21-14-6-10-17-8-2-4-12-19(17)21)22-15-7-11-18-9-3-5-13-20(18)22/h2-15,23H,1H3. The van der Waals surface area contributed by atoms with Crippen LogP contribution in [0.2, 0.25) is 0 Å². The molecular weight excluding hydrogens is 292 g/mol. The van der Waals surface area contributed by atoms with E-state index in [4.69, 9.17) is 0 Å². The first-order valence-corrected chi connectivity index (χ1v) is 8.21. The van der Waals surface area contributed by atoms with Crippen molar-refractivity contribution in [1.82, 2.24) is 0 Å². The molecule has 0 unspecified atom stereocenters. The van der Waals surface area contributed by atoms with Crippen LogP contribution >= 0.6 is 0 Å². The zero-order valence-electron chi connectivity index (χ0n) is 13.6. The van der Waals surface area contributed by atoms with Crippen LogP contribution in [0.5, 0.6) is 0 Å². The van der Waals surface area contributed by atoms with Crippen LogP contribution < -0.4 is 0 Å². The molecule has 0 saturated heterocycles. The summed E-state index contributed by atoms with van der Waals surface area (Å²) in [5.41, 5.74) is 2.16. The summed E-state index contributed by atoms with van der Waals surface area (Å²) in [7, 11) is 0. The number of fused-ring (bicyclic) bond motifs is 2. The van der Waals surface area contributed by atoms with E-state index < -0.39 is 0 Å². The van der Waals surface area contributed by atoms with Gasteiger partial charge in [0.25, 0.3) is 0 Å². The number of hydrogen-bond donors (Lipinski definition) is 0. The van der Waals surface area contributed by atoms with Gasteiger partial charge in [-0.2, -0.15) is 0 Å². The van der Waals surface area contributed by atoms with Crippen molar-refractivity contribution in [1.29, 1.82) is 0 Å². The van der Waals surface area contributed by atoms with E-state index in [9.17, 15) is 4.79 Å². The fourth-order valence-corrected chi connectivity index (χ4v) is 3.61. The van der Waals surface area contributed by atoms with Crippen LogP contribution in [0.3, 0.4) is 0 Å². The number of ketones is 1. The lowest BCUT2D eigenvalue weighted by Gasteiger charge is -2.19. The molecule has 24 heavy (non-hydrogen) atoms. The van der Waals surface area contributed by atoms with Crippen molar-refractivity contribution in [3.63, 3.8) is 0 Å². The first-order valence-electron chi connectivity index (χ1n) is 8.21. The highest BCUT2D eigenvalue weighted by Crippen LogP contribution is 2.35. The molecule has 0 radical (unpaired) electrons. The lowest BCUT2D eigenvalue weighted by Crippen LogP contribution is -2.11. The van der Waals surface area contributed by atoms with Gasteiger partial charge in [-0.1, -0.05) is 84.9 Å². The molecule has 0 aliphatic rings. The van der Waals surface area contributed by atoms with Crippen LogP contribution in [0.1, 0.15) is 24.0 Å². The minimum atomic E-state index is -0.248. The number of carbonyl (C=O) groups excluding carboxylic acids is 1. The van der Waals surface area contributed by atoms with Crippen molar-refractivity contribution in [2.45, 2.75) is 12.8 Å². The van der Waals surface area contributed by atoms with E-state index in [1.54, 1.807) is 6.92 Å². The summed E-state index contributed by atoms with van der Waals surface area (Å²) in [5.74, 6) is -0.0788. The molecule has 0 aromatic heterocycles. The van der Waals surface area contributed by atoms with Crippen LogP contribution in [-0.4, -0.2) is 5.78 Å². The Morgan fingerprint density at radius 3 is 1.50 bits per heavy atom. The first-order chi connectivity index (χ1) is 11.8. The van der Waals surface area contributed by atoms with Crippen LogP contribution in [0.4, 0.5) is 0 Å². The number of carbonyl (C=O) groups is 1. The third-order valence-corrected chi connectivity index (χ3v) is 4.68. The van der Waals surface area contributed by atoms with Gasteiger partial charge in [0, 0.05) is 0 Å². The third-order valence-electron chi connectivity index (χ3n) is 4.68. The highest BCUT2D eigenvalue weighted by atomic mass is 16.1. The highest BCUT2D eigenvalue weighted by molar-refractivity contribution is 5.99. The average molecular weight is 310 g/mol. The molecule has 4 aromatic carbocycles. The Morgan fingerprint density at radius 2 is 1.04 bits per heavy atom. The van der Waals surface area contributed by atoms with Crippen molar-refractivity contribution in [3.05, 3.63) is 96.1 Å². The summed E-state index contributed by atoms with van der Waals surface area (Å²) in [6.45, 7) is 1.69. The summed E-state index contributed by atoms with van der Waals surface area (Å²) < 4.78 is 0.